The number of alkyl halides is 2. The van der Waals surface area contributed by atoms with Crippen LogP contribution in [0.3, 0.4) is 0 Å². The van der Waals surface area contributed by atoms with Gasteiger partial charge in [-0.25, -0.2) is 8.78 Å². The second kappa shape index (κ2) is 6.87. The average Bonchev–Trinajstić information content (AvgIpc) is 2.97. The van der Waals surface area contributed by atoms with Gasteiger partial charge in [-0.2, -0.15) is 0 Å². The molecule has 0 aromatic heterocycles. The summed E-state index contributed by atoms with van der Waals surface area (Å²) < 4.78 is 29.2. The van der Waals surface area contributed by atoms with E-state index in [0.29, 0.717) is 19.4 Å². The Morgan fingerprint density at radius 2 is 1.71 bits per heavy atom. The van der Waals surface area contributed by atoms with Crippen molar-refractivity contribution in [1.82, 2.24) is 14.7 Å². The van der Waals surface area contributed by atoms with E-state index in [9.17, 15) is 13.6 Å². The SMILES string of the molecule is CCC(=O)N1CCC2(CC1)CCN(C1CCN(CC)CC1(F)F)C2. The monoisotopic (exact) mass is 343 g/mol. The van der Waals surface area contributed by atoms with Crippen LogP contribution in [0, 0.1) is 5.41 Å². The molecule has 1 unspecified atom stereocenters. The summed E-state index contributed by atoms with van der Waals surface area (Å²) in [4.78, 5) is 17.7. The second-order valence-corrected chi connectivity index (χ2v) is 7.89. The average molecular weight is 343 g/mol. The van der Waals surface area contributed by atoms with Crippen molar-refractivity contribution in [2.24, 2.45) is 5.41 Å². The van der Waals surface area contributed by atoms with Gasteiger partial charge >= 0.3 is 0 Å². The predicted octanol–water partition coefficient (Wildman–Crippen LogP) is 2.44. The molecule has 0 bridgehead atoms. The fraction of sp³-hybridized carbons (Fsp3) is 0.944. The van der Waals surface area contributed by atoms with E-state index >= 15 is 0 Å². The van der Waals surface area contributed by atoms with Crippen molar-refractivity contribution in [1.29, 1.82) is 0 Å². The Morgan fingerprint density at radius 3 is 2.29 bits per heavy atom. The highest BCUT2D eigenvalue weighted by Crippen LogP contribution is 2.44. The van der Waals surface area contributed by atoms with Crippen LogP contribution in [-0.2, 0) is 4.79 Å². The van der Waals surface area contributed by atoms with Crippen molar-refractivity contribution in [2.45, 2.75) is 57.9 Å². The van der Waals surface area contributed by atoms with E-state index in [1.54, 1.807) is 0 Å². The van der Waals surface area contributed by atoms with Crippen molar-refractivity contribution >= 4 is 5.91 Å². The van der Waals surface area contributed by atoms with Crippen molar-refractivity contribution in [3.63, 3.8) is 0 Å². The molecule has 0 aliphatic carbocycles. The number of carbonyl (C=O) groups excluding carboxylic acids is 1. The van der Waals surface area contributed by atoms with Gasteiger partial charge in [0.05, 0.1) is 12.6 Å². The van der Waals surface area contributed by atoms with Gasteiger partial charge in [0.25, 0.3) is 5.92 Å². The van der Waals surface area contributed by atoms with E-state index in [1.807, 2.05) is 23.6 Å². The molecule has 6 heteroatoms. The molecule has 3 aliphatic rings. The second-order valence-electron chi connectivity index (χ2n) is 7.89. The number of hydrogen-bond acceptors (Lipinski definition) is 3. The maximum absolute atomic E-state index is 14.6. The Bertz CT molecular complexity index is 463. The minimum absolute atomic E-state index is 0.101. The van der Waals surface area contributed by atoms with Gasteiger partial charge in [-0.05, 0) is 44.2 Å². The van der Waals surface area contributed by atoms with E-state index in [2.05, 4.69) is 4.90 Å². The summed E-state index contributed by atoms with van der Waals surface area (Å²) >= 11 is 0. The smallest absolute Gasteiger partial charge is 0.275 e. The fourth-order valence-electron chi connectivity index (χ4n) is 4.82. The standard InChI is InChI=1S/C18H31F2N3O/c1-3-16(24)22-10-6-17(7-11-22)8-12-23(13-17)15-5-9-21(4-2)14-18(15,19)20/h15H,3-14H2,1-2H3. The third-order valence-corrected chi connectivity index (χ3v) is 6.48. The van der Waals surface area contributed by atoms with Gasteiger partial charge < -0.3 is 4.90 Å². The van der Waals surface area contributed by atoms with Crippen molar-refractivity contribution in [3.8, 4) is 0 Å². The van der Waals surface area contributed by atoms with Gasteiger partial charge in [0.2, 0.25) is 5.91 Å². The van der Waals surface area contributed by atoms with Crippen molar-refractivity contribution in [2.75, 3.05) is 45.8 Å². The summed E-state index contributed by atoms with van der Waals surface area (Å²) in [6.45, 7) is 8.39. The van der Waals surface area contributed by atoms with E-state index in [4.69, 9.17) is 0 Å². The number of likely N-dealkylation sites (tertiary alicyclic amines) is 3. The topological polar surface area (TPSA) is 26.8 Å². The van der Waals surface area contributed by atoms with Crippen LogP contribution < -0.4 is 0 Å². The van der Waals surface area contributed by atoms with Crippen LogP contribution in [-0.4, -0.2) is 78.4 Å². The van der Waals surface area contributed by atoms with E-state index in [0.717, 1.165) is 52.0 Å². The number of nitrogens with zero attached hydrogens (tertiary/aromatic N) is 3. The molecule has 0 saturated carbocycles. The number of hydrogen-bond donors (Lipinski definition) is 0. The summed E-state index contributed by atoms with van der Waals surface area (Å²) in [6.07, 6.45) is 4.06. The quantitative estimate of drug-likeness (QED) is 0.787. The Kier molecular flexibility index (Phi) is 5.17. The van der Waals surface area contributed by atoms with E-state index in [1.165, 1.54) is 0 Å². The molecule has 0 radical (unpaired) electrons. The lowest BCUT2D eigenvalue weighted by Gasteiger charge is -2.44. The van der Waals surface area contributed by atoms with Crippen LogP contribution >= 0.6 is 0 Å². The molecule has 3 aliphatic heterocycles. The van der Waals surface area contributed by atoms with Crippen molar-refractivity contribution < 1.29 is 13.6 Å². The van der Waals surface area contributed by atoms with Crippen molar-refractivity contribution in [3.05, 3.63) is 0 Å². The fourth-order valence-corrected chi connectivity index (χ4v) is 4.82. The zero-order chi connectivity index (χ0) is 17.4. The number of carbonyl (C=O) groups is 1. The minimum atomic E-state index is -2.61. The molecule has 1 spiro atoms. The lowest BCUT2D eigenvalue weighted by molar-refractivity contribution is -0.133. The zero-order valence-corrected chi connectivity index (χ0v) is 15.1. The Labute approximate surface area is 144 Å². The largest absolute Gasteiger partial charge is 0.343 e. The van der Waals surface area contributed by atoms with E-state index < -0.39 is 12.0 Å². The Hall–Kier alpha value is -0.750. The van der Waals surface area contributed by atoms with Gasteiger partial charge in [0.1, 0.15) is 0 Å². The molecule has 3 rings (SSSR count). The number of rotatable bonds is 3. The number of piperidine rings is 2. The van der Waals surface area contributed by atoms with Gasteiger partial charge in [0, 0.05) is 32.6 Å². The first kappa shape index (κ1) is 18.1. The van der Waals surface area contributed by atoms with Gasteiger partial charge in [-0.15, -0.1) is 0 Å². The van der Waals surface area contributed by atoms with Gasteiger partial charge in [-0.3, -0.25) is 14.6 Å². The highest BCUT2D eigenvalue weighted by molar-refractivity contribution is 5.75. The summed E-state index contributed by atoms with van der Waals surface area (Å²) in [5, 5.41) is 0. The lowest BCUT2D eigenvalue weighted by Crippen LogP contribution is -2.58. The first-order valence-corrected chi connectivity index (χ1v) is 9.51. The molecular formula is C18H31F2N3O. The number of amides is 1. The van der Waals surface area contributed by atoms with Crippen LogP contribution in [0.1, 0.15) is 46.0 Å². The minimum Gasteiger partial charge on any atom is -0.343 e. The molecule has 24 heavy (non-hydrogen) atoms. The maximum Gasteiger partial charge on any atom is 0.275 e. The van der Waals surface area contributed by atoms with Gasteiger partial charge in [-0.1, -0.05) is 13.8 Å². The normalized spacial score (nSPS) is 30.8. The van der Waals surface area contributed by atoms with E-state index in [-0.39, 0.29) is 17.9 Å². The molecule has 138 valence electrons. The summed E-state index contributed by atoms with van der Waals surface area (Å²) in [7, 11) is 0. The van der Waals surface area contributed by atoms with Crippen LogP contribution in [0.2, 0.25) is 0 Å². The molecule has 1 amide bonds. The Morgan fingerprint density at radius 1 is 1.04 bits per heavy atom. The maximum atomic E-state index is 14.6. The number of halogens is 2. The van der Waals surface area contributed by atoms with Crippen LogP contribution in [0.25, 0.3) is 0 Å². The summed E-state index contributed by atoms with van der Waals surface area (Å²) in [6, 6.07) is -0.602. The van der Waals surface area contributed by atoms with Gasteiger partial charge in [0.15, 0.2) is 0 Å². The molecule has 3 heterocycles. The highest BCUT2D eigenvalue weighted by Gasteiger charge is 2.51. The van der Waals surface area contributed by atoms with Crippen LogP contribution in [0.5, 0.6) is 0 Å². The lowest BCUT2D eigenvalue weighted by atomic mass is 9.77. The van der Waals surface area contributed by atoms with Crippen LogP contribution in [0.15, 0.2) is 0 Å². The molecule has 1 atom stereocenters. The first-order valence-electron chi connectivity index (χ1n) is 9.51. The summed E-state index contributed by atoms with van der Waals surface area (Å²) in [5.41, 5.74) is 0.155. The molecule has 0 aromatic carbocycles. The molecule has 0 N–H and O–H groups in total. The zero-order valence-electron chi connectivity index (χ0n) is 15.1. The van der Waals surface area contributed by atoms with Crippen LogP contribution in [0.4, 0.5) is 8.78 Å². The molecule has 3 saturated heterocycles. The first-order chi connectivity index (χ1) is 11.4. The Balaban J connectivity index is 1.59. The predicted molar refractivity (Wildman–Crippen MR) is 90.2 cm³/mol. The summed E-state index contributed by atoms with van der Waals surface area (Å²) in [5.74, 6) is -2.39. The highest BCUT2D eigenvalue weighted by atomic mass is 19.3. The third kappa shape index (κ3) is 3.45. The molecule has 0 aromatic rings. The third-order valence-electron chi connectivity index (χ3n) is 6.48. The molecular weight excluding hydrogens is 312 g/mol. The molecule has 4 nitrogen and oxygen atoms in total. The molecule has 3 fully saturated rings.